The summed E-state index contributed by atoms with van der Waals surface area (Å²) in [4.78, 5) is 3.67. The van der Waals surface area contributed by atoms with Crippen LogP contribution >= 0.6 is 11.3 Å². The minimum absolute atomic E-state index is 1.18. The Bertz CT molecular complexity index is 2390. The van der Waals surface area contributed by atoms with Gasteiger partial charge in [0.1, 0.15) is 0 Å². The van der Waals surface area contributed by atoms with Gasteiger partial charge < -0.3 is 9.55 Å². The third kappa shape index (κ3) is 2.96. The zero-order valence-corrected chi connectivity index (χ0v) is 21.8. The van der Waals surface area contributed by atoms with Crippen LogP contribution in [0.2, 0.25) is 0 Å². The van der Waals surface area contributed by atoms with Crippen molar-refractivity contribution in [2.75, 3.05) is 0 Å². The molecule has 0 saturated carbocycles. The Hall–Kier alpha value is -4.86. The first-order valence-electron chi connectivity index (χ1n) is 13.3. The van der Waals surface area contributed by atoms with E-state index in [1.54, 1.807) is 0 Å². The summed E-state index contributed by atoms with van der Waals surface area (Å²) in [6.45, 7) is 0. The first-order chi connectivity index (χ1) is 19.3. The van der Waals surface area contributed by atoms with Crippen molar-refractivity contribution in [2.45, 2.75) is 0 Å². The molecule has 0 aliphatic carbocycles. The number of hydrogen-bond acceptors (Lipinski definition) is 1. The van der Waals surface area contributed by atoms with Gasteiger partial charge in [-0.3, -0.25) is 0 Å². The highest BCUT2D eigenvalue weighted by atomic mass is 32.1. The van der Waals surface area contributed by atoms with Crippen molar-refractivity contribution in [2.24, 2.45) is 0 Å². The molecule has 3 heterocycles. The highest BCUT2D eigenvalue weighted by Crippen LogP contribution is 2.42. The van der Waals surface area contributed by atoms with Crippen LogP contribution in [-0.2, 0) is 0 Å². The molecule has 0 aliphatic heterocycles. The molecule has 9 rings (SSSR count). The number of thiophene rings is 1. The summed E-state index contributed by atoms with van der Waals surface area (Å²) in [5.41, 5.74) is 8.49. The van der Waals surface area contributed by atoms with E-state index >= 15 is 0 Å². The molecule has 0 fully saturated rings. The summed E-state index contributed by atoms with van der Waals surface area (Å²) in [5, 5.41) is 7.84. The van der Waals surface area contributed by atoms with Crippen molar-refractivity contribution in [1.82, 2.24) is 9.55 Å². The summed E-state index contributed by atoms with van der Waals surface area (Å²) in [7, 11) is 0. The third-order valence-corrected chi connectivity index (χ3v) is 9.33. The Morgan fingerprint density at radius 2 is 1.18 bits per heavy atom. The van der Waals surface area contributed by atoms with Gasteiger partial charge >= 0.3 is 0 Å². The van der Waals surface area contributed by atoms with E-state index in [0.29, 0.717) is 0 Å². The first kappa shape index (κ1) is 21.1. The Kier molecular flexibility index (Phi) is 4.24. The molecule has 0 saturated heterocycles. The summed E-state index contributed by atoms with van der Waals surface area (Å²) in [6.07, 6.45) is 0. The van der Waals surface area contributed by atoms with Gasteiger partial charge in [-0.05, 0) is 65.7 Å². The van der Waals surface area contributed by atoms with Crippen LogP contribution in [0.4, 0.5) is 0 Å². The van der Waals surface area contributed by atoms with E-state index in [0.717, 1.165) is 0 Å². The standard InChI is InChI=1S/C36H22N2S/c1-2-8-24(9-3-1)38-32-12-6-4-10-25(32)28-20-23(15-19-33(28)38)22-14-17-30-29(21-22)35-31(37-30)18-16-27-26-11-5-7-13-34(26)39-36(27)35/h1-21,37H. The molecule has 6 aromatic carbocycles. The van der Waals surface area contributed by atoms with E-state index in [4.69, 9.17) is 0 Å². The number of H-pyrrole nitrogens is 1. The smallest absolute Gasteiger partial charge is 0.0541 e. The van der Waals surface area contributed by atoms with Crippen molar-refractivity contribution in [3.8, 4) is 16.8 Å². The second-order valence-corrected chi connectivity index (χ2v) is 11.3. The van der Waals surface area contributed by atoms with Gasteiger partial charge in [0.05, 0.1) is 11.0 Å². The summed E-state index contributed by atoms with van der Waals surface area (Å²) in [5.74, 6) is 0. The lowest BCUT2D eigenvalue weighted by atomic mass is 10.00. The van der Waals surface area contributed by atoms with Crippen molar-refractivity contribution >= 4 is 75.1 Å². The molecule has 0 radical (unpaired) electrons. The molecule has 39 heavy (non-hydrogen) atoms. The lowest BCUT2D eigenvalue weighted by Gasteiger charge is -2.08. The molecule has 0 spiro atoms. The van der Waals surface area contributed by atoms with Crippen LogP contribution in [0.3, 0.4) is 0 Å². The van der Waals surface area contributed by atoms with Gasteiger partial charge in [-0.15, -0.1) is 11.3 Å². The van der Waals surface area contributed by atoms with Crippen LogP contribution in [0.5, 0.6) is 0 Å². The fourth-order valence-electron chi connectivity index (χ4n) is 6.35. The van der Waals surface area contributed by atoms with Gasteiger partial charge in [0.25, 0.3) is 0 Å². The summed E-state index contributed by atoms with van der Waals surface area (Å²) >= 11 is 1.89. The van der Waals surface area contributed by atoms with Crippen LogP contribution in [-0.4, -0.2) is 9.55 Å². The average molecular weight is 515 g/mol. The number of para-hydroxylation sites is 2. The van der Waals surface area contributed by atoms with Gasteiger partial charge in [-0.1, -0.05) is 72.8 Å². The van der Waals surface area contributed by atoms with Crippen LogP contribution in [0.15, 0.2) is 127 Å². The molecule has 1 N–H and O–H groups in total. The maximum Gasteiger partial charge on any atom is 0.0541 e. The maximum atomic E-state index is 3.67. The fourth-order valence-corrected chi connectivity index (χ4v) is 7.62. The highest BCUT2D eigenvalue weighted by Gasteiger charge is 2.15. The number of nitrogens with one attached hydrogen (secondary N) is 1. The number of fused-ring (bicyclic) bond motifs is 10. The van der Waals surface area contributed by atoms with Gasteiger partial charge in [0, 0.05) is 58.4 Å². The minimum atomic E-state index is 1.18. The van der Waals surface area contributed by atoms with E-state index in [1.165, 1.54) is 80.6 Å². The highest BCUT2D eigenvalue weighted by molar-refractivity contribution is 7.26. The lowest BCUT2D eigenvalue weighted by molar-refractivity contribution is 1.18. The molecule has 0 atom stereocenters. The normalized spacial score (nSPS) is 12.1. The molecule has 0 bridgehead atoms. The van der Waals surface area contributed by atoms with E-state index in [2.05, 4.69) is 137 Å². The van der Waals surface area contributed by atoms with Gasteiger partial charge in [0.2, 0.25) is 0 Å². The van der Waals surface area contributed by atoms with E-state index in [1.807, 2.05) is 11.3 Å². The van der Waals surface area contributed by atoms with Crippen molar-refractivity contribution < 1.29 is 0 Å². The van der Waals surface area contributed by atoms with Crippen molar-refractivity contribution in [3.05, 3.63) is 127 Å². The number of nitrogens with zero attached hydrogens (tertiary/aromatic N) is 1. The molecule has 182 valence electrons. The number of benzene rings is 6. The molecule has 9 aromatic rings. The van der Waals surface area contributed by atoms with Crippen LogP contribution in [0.1, 0.15) is 0 Å². The fraction of sp³-hybridized carbons (Fsp3) is 0. The largest absolute Gasteiger partial charge is 0.354 e. The Morgan fingerprint density at radius 3 is 2.08 bits per heavy atom. The van der Waals surface area contributed by atoms with E-state index < -0.39 is 0 Å². The second kappa shape index (κ2) is 7.83. The summed E-state index contributed by atoms with van der Waals surface area (Å²) < 4.78 is 5.07. The SMILES string of the molecule is c1ccc(-n2c3ccccc3c3cc(-c4ccc5[nH]c6ccc7c8ccccc8sc7c6c5c4)ccc32)cc1. The molecule has 3 heteroatoms. The quantitative estimate of drug-likeness (QED) is 0.237. The van der Waals surface area contributed by atoms with Crippen LogP contribution < -0.4 is 0 Å². The van der Waals surface area contributed by atoms with Crippen molar-refractivity contribution in [1.29, 1.82) is 0 Å². The minimum Gasteiger partial charge on any atom is -0.354 e. The molecule has 3 aromatic heterocycles. The molecular weight excluding hydrogens is 492 g/mol. The predicted molar refractivity (Wildman–Crippen MR) is 168 cm³/mol. The number of rotatable bonds is 2. The predicted octanol–water partition coefficient (Wildman–Crippen LogP) is 10.5. The van der Waals surface area contributed by atoms with E-state index in [9.17, 15) is 0 Å². The Labute approximate surface area is 228 Å². The molecule has 0 aliphatic rings. The van der Waals surface area contributed by atoms with E-state index in [-0.39, 0.29) is 0 Å². The zero-order valence-electron chi connectivity index (χ0n) is 21.0. The van der Waals surface area contributed by atoms with Crippen LogP contribution in [0, 0.1) is 0 Å². The molecule has 0 unspecified atom stereocenters. The number of aromatic amines is 1. The van der Waals surface area contributed by atoms with Gasteiger partial charge in [-0.25, -0.2) is 0 Å². The zero-order chi connectivity index (χ0) is 25.5. The third-order valence-electron chi connectivity index (χ3n) is 8.13. The Morgan fingerprint density at radius 1 is 0.487 bits per heavy atom. The van der Waals surface area contributed by atoms with Crippen molar-refractivity contribution in [3.63, 3.8) is 0 Å². The average Bonchev–Trinajstić information content (AvgIpc) is 3.66. The van der Waals surface area contributed by atoms with Crippen LogP contribution in [0.25, 0.3) is 80.6 Å². The maximum absolute atomic E-state index is 3.67. The monoisotopic (exact) mass is 514 g/mol. The second-order valence-electron chi connectivity index (χ2n) is 10.3. The first-order valence-corrected chi connectivity index (χ1v) is 14.1. The summed E-state index contributed by atoms with van der Waals surface area (Å²) in [6, 6.07) is 46.4. The molecular formula is C36H22N2S. The Balaban J connectivity index is 1.30. The molecule has 2 nitrogen and oxygen atoms in total. The van der Waals surface area contributed by atoms with Gasteiger partial charge in [-0.2, -0.15) is 0 Å². The molecule has 0 amide bonds. The number of hydrogen-bond donors (Lipinski definition) is 1. The topological polar surface area (TPSA) is 20.7 Å². The van der Waals surface area contributed by atoms with Gasteiger partial charge in [0.15, 0.2) is 0 Å². The lowest BCUT2D eigenvalue weighted by Crippen LogP contribution is -1.92. The number of aromatic nitrogens is 2.